The van der Waals surface area contributed by atoms with E-state index in [0.717, 1.165) is 5.56 Å². The Labute approximate surface area is 229 Å². The van der Waals surface area contributed by atoms with Crippen LogP contribution in [0.15, 0.2) is 30.3 Å². The van der Waals surface area contributed by atoms with Gasteiger partial charge in [0, 0.05) is 27.8 Å². The maximum atomic E-state index is 10.9. The summed E-state index contributed by atoms with van der Waals surface area (Å²) in [6.45, 7) is 13.7. The number of hydrogen-bond donors (Lipinski definition) is 1. The number of benzene rings is 1. The van der Waals surface area contributed by atoms with Gasteiger partial charge in [0.05, 0.1) is 31.5 Å². The SMILES string of the molecule is CO[C@H]1O[C@H](CO[C@@H]2C[C@@H](OCc3ccccc3)[C@H](O[Si](C)(C)C(C)(C)C)[C@@H](C)O2)[C@@H](O)[C@H](OC)[C@H]1OC. The Bertz CT molecular complexity index is 833. The van der Waals surface area contributed by atoms with Crippen LogP contribution < -0.4 is 0 Å². The average Bonchev–Trinajstić information content (AvgIpc) is 2.87. The van der Waals surface area contributed by atoms with Crippen LogP contribution in [0.25, 0.3) is 0 Å². The number of methoxy groups -OCH3 is 3. The van der Waals surface area contributed by atoms with Crippen LogP contribution in [0.1, 0.15) is 39.7 Å². The minimum atomic E-state index is -2.09. The van der Waals surface area contributed by atoms with E-state index in [4.69, 9.17) is 37.6 Å². The largest absolute Gasteiger partial charge is 0.409 e. The second kappa shape index (κ2) is 13.6. The van der Waals surface area contributed by atoms with Crippen molar-refractivity contribution in [1.29, 1.82) is 0 Å². The molecule has 1 aromatic carbocycles. The predicted molar refractivity (Wildman–Crippen MR) is 145 cm³/mol. The first kappa shape index (κ1) is 31.6. The molecule has 0 bridgehead atoms. The fraction of sp³-hybridized carbons (Fsp3) is 0.786. The highest BCUT2D eigenvalue weighted by Crippen LogP contribution is 2.40. The second-order valence-electron chi connectivity index (χ2n) is 11.7. The Hall–Kier alpha value is -0.923. The summed E-state index contributed by atoms with van der Waals surface area (Å²) < 4.78 is 48.1. The van der Waals surface area contributed by atoms with Gasteiger partial charge in [0.15, 0.2) is 20.9 Å². The molecule has 2 heterocycles. The molecule has 9 nitrogen and oxygen atoms in total. The number of aliphatic hydroxyl groups is 1. The highest BCUT2D eigenvalue weighted by atomic mass is 28.4. The molecule has 0 amide bonds. The summed E-state index contributed by atoms with van der Waals surface area (Å²) in [6, 6.07) is 10.1. The Kier molecular flexibility index (Phi) is 11.3. The molecule has 3 rings (SSSR count). The van der Waals surface area contributed by atoms with Crippen LogP contribution in [-0.4, -0.2) is 96.7 Å². The van der Waals surface area contributed by atoms with Crippen LogP contribution >= 0.6 is 0 Å². The van der Waals surface area contributed by atoms with E-state index in [1.807, 2.05) is 37.3 Å². The Morgan fingerprint density at radius 2 is 1.58 bits per heavy atom. The first-order valence-corrected chi connectivity index (χ1v) is 16.3. The van der Waals surface area contributed by atoms with Crippen LogP contribution in [0, 0.1) is 0 Å². The zero-order valence-corrected chi connectivity index (χ0v) is 25.4. The van der Waals surface area contributed by atoms with Gasteiger partial charge in [-0.1, -0.05) is 51.1 Å². The number of rotatable bonds is 11. The van der Waals surface area contributed by atoms with E-state index in [9.17, 15) is 5.11 Å². The minimum absolute atomic E-state index is 0.0499. The average molecular weight is 557 g/mol. The summed E-state index contributed by atoms with van der Waals surface area (Å²) in [4.78, 5) is 0. The fourth-order valence-corrected chi connectivity index (χ4v) is 6.05. The molecular formula is C28H48O9Si. The molecule has 2 fully saturated rings. The van der Waals surface area contributed by atoms with Gasteiger partial charge >= 0.3 is 0 Å². The van der Waals surface area contributed by atoms with E-state index in [1.165, 1.54) is 21.3 Å². The third-order valence-electron chi connectivity index (χ3n) is 8.01. The fourth-order valence-electron chi connectivity index (χ4n) is 4.67. The van der Waals surface area contributed by atoms with Crippen LogP contribution in [0.5, 0.6) is 0 Å². The topological polar surface area (TPSA) is 94.1 Å². The molecule has 2 aliphatic heterocycles. The number of ether oxygens (including phenoxy) is 7. The van der Waals surface area contributed by atoms with E-state index in [1.54, 1.807) is 0 Å². The molecule has 0 aliphatic carbocycles. The van der Waals surface area contributed by atoms with Gasteiger partial charge < -0.3 is 42.7 Å². The minimum Gasteiger partial charge on any atom is -0.409 e. The molecule has 38 heavy (non-hydrogen) atoms. The predicted octanol–water partition coefficient (Wildman–Crippen LogP) is 3.88. The lowest BCUT2D eigenvalue weighted by molar-refractivity contribution is -0.317. The second-order valence-corrected chi connectivity index (χ2v) is 16.4. The molecule has 0 spiro atoms. The Morgan fingerprint density at radius 3 is 2.16 bits per heavy atom. The summed E-state index contributed by atoms with van der Waals surface area (Å²) in [5, 5.41) is 10.9. The van der Waals surface area contributed by atoms with Crippen molar-refractivity contribution in [3.8, 4) is 0 Å². The van der Waals surface area contributed by atoms with Gasteiger partial charge in [-0.25, -0.2) is 0 Å². The van der Waals surface area contributed by atoms with Gasteiger partial charge in [-0.05, 0) is 30.6 Å². The summed E-state index contributed by atoms with van der Waals surface area (Å²) in [7, 11) is 2.50. The van der Waals surface area contributed by atoms with E-state index in [0.29, 0.717) is 13.0 Å². The van der Waals surface area contributed by atoms with E-state index in [2.05, 4.69) is 33.9 Å². The lowest BCUT2D eigenvalue weighted by Crippen LogP contribution is -2.61. The molecule has 0 aromatic heterocycles. The zero-order chi connectivity index (χ0) is 28.1. The molecule has 9 atom stereocenters. The number of hydrogen-bond acceptors (Lipinski definition) is 9. The first-order chi connectivity index (χ1) is 17.9. The smallest absolute Gasteiger partial charge is 0.192 e. The van der Waals surface area contributed by atoms with Crippen molar-refractivity contribution in [2.24, 2.45) is 0 Å². The standard InChI is InChI=1S/C28H48O9Si/c1-18-24(37-38(8,9)28(2,3)4)20(33-16-19-13-11-10-12-14-19)15-22(35-18)34-17-21-23(29)25(30-5)26(31-6)27(32-7)36-21/h10-14,18,20-27,29H,15-17H2,1-9H3/t18-,20-,21-,22+,23-,24-,25+,26-,27+/m1/s1. The van der Waals surface area contributed by atoms with Crippen molar-refractivity contribution in [3.63, 3.8) is 0 Å². The maximum Gasteiger partial charge on any atom is 0.192 e. The monoisotopic (exact) mass is 556 g/mol. The first-order valence-electron chi connectivity index (χ1n) is 13.4. The lowest BCUT2D eigenvalue weighted by Gasteiger charge is -2.47. The van der Waals surface area contributed by atoms with Crippen molar-refractivity contribution in [1.82, 2.24) is 0 Å². The van der Waals surface area contributed by atoms with Crippen LogP contribution in [0.3, 0.4) is 0 Å². The third kappa shape index (κ3) is 7.63. The summed E-state index contributed by atoms with van der Waals surface area (Å²) >= 11 is 0. The molecule has 1 N–H and O–H groups in total. The van der Waals surface area contributed by atoms with Gasteiger partial charge in [-0.2, -0.15) is 0 Å². The molecule has 0 radical (unpaired) electrons. The Balaban J connectivity index is 1.70. The van der Waals surface area contributed by atoms with Crippen molar-refractivity contribution >= 4 is 8.32 Å². The molecule has 2 saturated heterocycles. The molecule has 218 valence electrons. The Morgan fingerprint density at radius 1 is 0.921 bits per heavy atom. The van der Waals surface area contributed by atoms with Crippen molar-refractivity contribution in [2.75, 3.05) is 27.9 Å². The van der Waals surface area contributed by atoms with Gasteiger partial charge in [0.2, 0.25) is 0 Å². The quantitative estimate of drug-likeness (QED) is 0.408. The molecule has 2 aliphatic rings. The van der Waals surface area contributed by atoms with Gasteiger partial charge in [0.25, 0.3) is 0 Å². The summed E-state index contributed by atoms with van der Waals surface area (Å²) in [5.74, 6) is 0. The highest BCUT2D eigenvalue weighted by Gasteiger charge is 2.48. The zero-order valence-electron chi connectivity index (χ0n) is 24.4. The van der Waals surface area contributed by atoms with Crippen molar-refractivity contribution < 1.29 is 42.7 Å². The molecular weight excluding hydrogens is 508 g/mol. The molecule has 10 heteroatoms. The molecule has 1 aromatic rings. The van der Waals surface area contributed by atoms with E-state index >= 15 is 0 Å². The van der Waals surface area contributed by atoms with Crippen LogP contribution in [0.2, 0.25) is 18.1 Å². The highest BCUT2D eigenvalue weighted by molar-refractivity contribution is 6.74. The summed E-state index contributed by atoms with van der Waals surface area (Å²) in [6.07, 6.45) is -4.30. The van der Waals surface area contributed by atoms with Crippen LogP contribution in [-0.2, 0) is 44.2 Å². The van der Waals surface area contributed by atoms with Crippen LogP contribution in [0.4, 0.5) is 0 Å². The maximum absolute atomic E-state index is 10.9. The van der Waals surface area contributed by atoms with E-state index in [-0.39, 0.29) is 30.0 Å². The van der Waals surface area contributed by atoms with Gasteiger partial charge in [-0.15, -0.1) is 0 Å². The van der Waals surface area contributed by atoms with Gasteiger partial charge in [0.1, 0.15) is 24.4 Å². The van der Waals surface area contributed by atoms with Gasteiger partial charge in [-0.3, -0.25) is 0 Å². The normalized spacial score (nSPS) is 34.8. The molecule has 0 unspecified atom stereocenters. The van der Waals surface area contributed by atoms with Crippen molar-refractivity contribution in [2.45, 2.75) is 114 Å². The number of aliphatic hydroxyl groups excluding tert-OH is 1. The van der Waals surface area contributed by atoms with Crippen molar-refractivity contribution in [3.05, 3.63) is 35.9 Å². The lowest BCUT2D eigenvalue weighted by atomic mass is 9.98. The van der Waals surface area contributed by atoms with E-state index < -0.39 is 45.3 Å². The molecule has 0 saturated carbocycles. The summed E-state index contributed by atoms with van der Waals surface area (Å²) in [5.41, 5.74) is 1.10. The third-order valence-corrected chi connectivity index (χ3v) is 12.5.